The number of hydrogen-bond acceptors (Lipinski definition) is 3. The summed E-state index contributed by atoms with van der Waals surface area (Å²) in [5, 5.41) is 0.361. The highest BCUT2D eigenvalue weighted by atomic mass is 79.9. The Morgan fingerprint density at radius 2 is 2.06 bits per heavy atom. The molecule has 0 unspecified atom stereocenters. The van der Waals surface area contributed by atoms with E-state index in [-0.39, 0.29) is 17.8 Å². The number of likely N-dealkylation sites (tertiary alicyclic amines) is 1. The summed E-state index contributed by atoms with van der Waals surface area (Å²) < 4.78 is 5.25. The first-order chi connectivity index (χ1) is 7.33. The summed E-state index contributed by atoms with van der Waals surface area (Å²) >= 11 is 3.15. The van der Waals surface area contributed by atoms with E-state index < -0.39 is 5.60 Å². The largest absolute Gasteiger partial charge is 0.444 e. The minimum atomic E-state index is -0.478. The summed E-state index contributed by atoms with van der Waals surface area (Å²) in [5.74, 6) is 0.123. The van der Waals surface area contributed by atoms with Gasteiger partial charge in [0.05, 0.1) is 5.33 Å². The SMILES string of the molecule is CC(C)(C)OC(=O)N1CC[C@@H](C(=O)CBr)C1. The quantitative estimate of drug-likeness (QED) is 0.733. The van der Waals surface area contributed by atoms with Gasteiger partial charge in [-0.3, -0.25) is 4.79 Å². The number of carbonyl (C=O) groups is 2. The van der Waals surface area contributed by atoms with Gasteiger partial charge in [0.1, 0.15) is 11.4 Å². The first-order valence-electron chi connectivity index (χ1n) is 5.40. The van der Waals surface area contributed by atoms with E-state index in [1.807, 2.05) is 20.8 Å². The van der Waals surface area contributed by atoms with Gasteiger partial charge in [0.2, 0.25) is 0 Å². The molecular formula is C11H18BrNO3. The first-order valence-corrected chi connectivity index (χ1v) is 6.52. The van der Waals surface area contributed by atoms with Crippen LogP contribution in [0.1, 0.15) is 27.2 Å². The second-order valence-corrected chi connectivity index (χ2v) is 5.57. The van der Waals surface area contributed by atoms with Crippen molar-refractivity contribution in [2.24, 2.45) is 5.92 Å². The molecule has 0 radical (unpaired) electrons. The minimum absolute atomic E-state index is 0.0353. The van der Waals surface area contributed by atoms with Crippen LogP contribution in [0.3, 0.4) is 0 Å². The molecular weight excluding hydrogens is 274 g/mol. The molecule has 16 heavy (non-hydrogen) atoms. The molecule has 1 saturated heterocycles. The van der Waals surface area contributed by atoms with Crippen LogP contribution < -0.4 is 0 Å². The van der Waals surface area contributed by atoms with Crippen molar-refractivity contribution in [2.45, 2.75) is 32.8 Å². The van der Waals surface area contributed by atoms with E-state index in [9.17, 15) is 9.59 Å². The summed E-state index contributed by atoms with van der Waals surface area (Å²) in [4.78, 5) is 24.7. The zero-order valence-electron chi connectivity index (χ0n) is 9.96. The summed E-state index contributed by atoms with van der Waals surface area (Å²) in [5.41, 5.74) is -0.478. The molecule has 5 heteroatoms. The number of rotatable bonds is 2. The summed E-state index contributed by atoms with van der Waals surface area (Å²) in [6.07, 6.45) is 0.418. The van der Waals surface area contributed by atoms with Gasteiger partial charge in [0.25, 0.3) is 0 Å². The molecule has 1 rings (SSSR count). The lowest BCUT2D eigenvalue weighted by molar-refractivity contribution is -0.119. The topological polar surface area (TPSA) is 46.6 Å². The molecule has 0 saturated carbocycles. The van der Waals surface area contributed by atoms with Crippen molar-refractivity contribution >= 4 is 27.8 Å². The van der Waals surface area contributed by atoms with Crippen LogP contribution in [0.15, 0.2) is 0 Å². The predicted octanol–water partition coefficient (Wildman–Crippen LogP) is 2.21. The van der Waals surface area contributed by atoms with Gasteiger partial charge in [-0.2, -0.15) is 0 Å². The number of halogens is 1. The van der Waals surface area contributed by atoms with Crippen molar-refractivity contribution < 1.29 is 14.3 Å². The molecule has 1 fully saturated rings. The Labute approximate surface area is 104 Å². The van der Waals surface area contributed by atoms with E-state index in [1.54, 1.807) is 4.90 Å². The maximum Gasteiger partial charge on any atom is 0.410 e. The Balaban J connectivity index is 2.47. The molecule has 0 aromatic heterocycles. The van der Waals surface area contributed by atoms with Crippen LogP contribution in [0.25, 0.3) is 0 Å². The molecule has 1 atom stereocenters. The maximum atomic E-state index is 11.7. The number of Topliss-reactive ketones (excluding diaryl/α,β-unsaturated/α-hetero) is 1. The third-order valence-electron chi connectivity index (χ3n) is 2.43. The summed E-state index contributed by atoms with van der Waals surface area (Å²) in [7, 11) is 0. The van der Waals surface area contributed by atoms with Gasteiger partial charge >= 0.3 is 6.09 Å². The van der Waals surface area contributed by atoms with Gasteiger partial charge in [-0.15, -0.1) is 0 Å². The lowest BCUT2D eigenvalue weighted by Gasteiger charge is -2.24. The van der Waals surface area contributed by atoms with Gasteiger partial charge in [0, 0.05) is 19.0 Å². The van der Waals surface area contributed by atoms with E-state index in [2.05, 4.69) is 15.9 Å². The molecule has 0 N–H and O–H groups in total. The Morgan fingerprint density at radius 1 is 1.44 bits per heavy atom. The Kier molecular flexibility index (Phi) is 4.35. The van der Waals surface area contributed by atoms with E-state index in [0.717, 1.165) is 6.42 Å². The lowest BCUT2D eigenvalue weighted by atomic mass is 10.1. The van der Waals surface area contributed by atoms with Crippen molar-refractivity contribution in [3.63, 3.8) is 0 Å². The Bertz CT molecular complexity index is 285. The summed E-state index contributed by atoms with van der Waals surface area (Å²) in [6, 6.07) is 0. The van der Waals surface area contributed by atoms with Crippen LogP contribution in [0, 0.1) is 5.92 Å². The van der Waals surface area contributed by atoms with Crippen LogP contribution in [0.5, 0.6) is 0 Å². The van der Waals surface area contributed by atoms with Gasteiger partial charge in [-0.25, -0.2) is 4.79 Å². The fourth-order valence-corrected chi connectivity index (χ4v) is 2.08. The smallest absolute Gasteiger partial charge is 0.410 e. The number of ether oxygens (including phenoxy) is 1. The second kappa shape index (κ2) is 5.17. The van der Waals surface area contributed by atoms with Gasteiger partial charge in [-0.05, 0) is 27.2 Å². The molecule has 0 bridgehead atoms. The van der Waals surface area contributed by atoms with Crippen LogP contribution >= 0.6 is 15.9 Å². The molecule has 0 spiro atoms. The van der Waals surface area contributed by atoms with Crippen LogP contribution in [-0.2, 0) is 9.53 Å². The highest BCUT2D eigenvalue weighted by molar-refractivity contribution is 9.09. The number of ketones is 1. The van der Waals surface area contributed by atoms with Gasteiger partial charge in [-0.1, -0.05) is 15.9 Å². The fourth-order valence-electron chi connectivity index (χ4n) is 1.62. The van der Waals surface area contributed by atoms with Crippen molar-refractivity contribution in [1.82, 2.24) is 4.90 Å². The monoisotopic (exact) mass is 291 g/mol. The maximum absolute atomic E-state index is 11.7. The normalized spacial score (nSPS) is 21.0. The molecule has 1 aliphatic rings. The zero-order valence-corrected chi connectivity index (χ0v) is 11.5. The minimum Gasteiger partial charge on any atom is -0.444 e. The Hall–Kier alpha value is -0.580. The standard InChI is InChI=1S/C11H18BrNO3/c1-11(2,3)16-10(15)13-5-4-8(7-13)9(14)6-12/h8H,4-7H2,1-3H3/t8-/m1/s1. The van der Waals surface area contributed by atoms with Crippen molar-refractivity contribution in [3.8, 4) is 0 Å². The van der Waals surface area contributed by atoms with Gasteiger partial charge in [0.15, 0.2) is 0 Å². The number of hydrogen-bond donors (Lipinski definition) is 0. The second-order valence-electron chi connectivity index (χ2n) is 5.01. The van der Waals surface area contributed by atoms with Crippen molar-refractivity contribution in [2.75, 3.05) is 18.4 Å². The molecule has 0 aromatic rings. The van der Waals surface area contributed by atoms with Crippen LogP contribution in [0.4, 0.5) is 4.79 Å². The van der Waals surface area contributed by atoms with E-state index in [4.69, 9.17) is 4.74 Å². The third kappa shape index (κ3) is 3.77. The number of nitrogens with zero attached hydrogens (tertiary/aromatic N) is 1. The highest BCUT2D eigenvalue weighted by Crippen LogP contribution is 2.20. The van der Waals surface area contributed by atoms with E-state index >= 15 is 0 Å². The van der Waals surface area contributed by atoms with Crippen LogP contribution in [-0.4, -0.2) is 40.8 Å². The van der Waals surface area contributed by atoms with Gasteiger partial charge < -0.3 is 9.64 Å². The first kappa shape index (κ1) is 13.5. The average molecular weight is 292 g/mol. The zero-order chi connectivity index (χ0) is 12.3. The van der Waals surface area contributed by atoms with Crippen molar-refractivity contribution in [1.29, 1.82) is 0 Å². The molecule has 1 amide bonds. The highest BCUT2D eigenvalue weighted by Gasteiger charge is 2.32. The molecule has 0 aliphatic carbocycles. The number of amides is 1. The summed E-state index contributed by atoms with van der Waals surface area (Å²) in [6.45, 7) is 6.60. The van der Waals surface area contributed by atoms with E-state index in [0.29, 0.717) is 18.4 Å². The number of carbonyl (C=O) groups excluding carboxylic acids is 2. The average Bonchev–Trinajstić information content (AvgIpc) is 2.62. The molecule has 92 valence electrons. The molecule has 4 nitrogen and oxygen atoms in total. The van der Waals surface area contributed by atoms with Crippen molar-refractivity contribution in [3.05, 3.63) is 0 Å². The fraction of sp³-hybridized carbons (Fsp3) is 0.818. The molecule has 1 aliphatic heterocycles. The predicted molar refractivity (Wildman–Crippen MR) is 64.7 cm³/mol. The number of alkyl halides is 1. The molecule has 1 heterocycles. The van der Waals surface area contributed by atoms with Crippen LogP contribution in [0.2, 0.25) is 0 Å². The lowest BCUT2D eigenvalue weighted by Crippen LogP contribution is -2.36. The van der Waals surface area contributed by atoms with E-state index in [1.165, 1.54) is 0 Å². The Morgan fingerprint density at radius 3 is 2.56 bits per heavy atom. The molecule has 0 aromatic carbocycles. The third-order valence-corrected chi connectivity index (χ3v) is 2.98.